The first-order valence-corrected chi connectivity index (χ1v) is 5.04. The van der Waals surface area contributed by atoms with E-state index in [9.17, 15) is 0 Å². The molecule has 0 saturated heterocycles. The van der Waals surface area contributed by atoms with Gasteiger partial charge in [-0.25, -0.2) is 4.98 Å². The van der Waals surface area contributed by atoms with Crippen LogP contribution in [0.4, 0.5) is 0 Å². The molecule has 0 atom stereocenters. The Labute approximate surface area is 71.5 Å². The van der Waals surface area contributed by atoms with E-state index in [2.05, 4.69) is 25.0 Å². The second kappa shape index (κ2) is 2.59. The van der Waals surface area contributed by atoms with E-state index in [0.717, 1.165) is 5.92 Å². The Morgan fingerprint density at radius 2 is 2.27 bits per heavy atom. The van der Waals surface area contributed by atoms with Gasteiger partial charge in [0.2, 0.25) is 0 Å². The van der Waals surface area contributed by atoms with Gasteiger partial charge in [-0.15, -0.1) is 11.3 Å². The summed E-state index contributed by atoms with van der Waals surface area (Å²) in [6.45, 7) is 4.41. The monoisotopic (exact) mass is 167 g/mol. The van der Waals surface area contributed by atoms with E-state index in [4.69, 9.17) is 0 Å². The predicted molar refractivity (Wildman–Crippen MR) is 48.2 cm³/mol. The number of nitrogens with zero attached hydrogens (tertiary/aromatic N) is 1. The van der Waals surface area contributed by atoms with E-state index in [-0.39, 0.29) is 0 Å². The lowest BCUT2D eigenvalue weighted by atomic mass is 10.2. The van der Waals surface area contributed by atoms with Crippen molar-refractivity contribution in [2.24, 2.45) is 0 Å². The highest BCUT2D eigenvalue weighted by molar-refractivity contribution is 7.11. The predicted octanol–water partition coefficient (Wildman–Crippen LogP) is 3.14. The van der Waals surface area contributed by atoms with Crippen molar-refractivity contribution in [2.75, 3.05) is 0 Å². The van der Waals surface area contributed by atoms with Crippen LogP contribution in [0.5, 0.6) is 0 Å². The van der Waals surface area contributed by atoms with Crippen LogP contribution in [0, 0.1) is 0 Å². The van der Waals surface area contributed by atoms with Crippen LogP contribution < -0.4 is 0 Å². The van der Waals surface area contributed by atoms with Gasteiger partial charge in [0.15, 0.2) is 0 Å². The van der Waals surface area contributed by atoms with Crippen molar-refractivity contribution in [1.82, 2.24) is 4.98 Å². The molecule has 1 aromatic rings. The molecule has 0 spiro atoms. The number of hydrogen-bond acceptors (Lipinski definition) is 2. The molecule has 2 heteroatoms. The Balaban J connectivity index is 2.18. The van der Waals surface area contributed by atoms with Crippen LogP contribution in [-0.4, -0.2) is 4.98 Å². The third kappa shape index (κ3) is 1.45. The van der Waals surface area contributed by atoms with Crippen LogP contribution in [0.1, 0.15) is 48.4 Å². The summed E-state index contributed by atoms with van der Waals surface area (Å²) in [6, 6.07) is 0. The van der Waals surface area contributed by atoms with E-state index in [1.54, 1.807) is 0 Å². The fourth-order valence-electron chi connectivity index (χ4n) is 1.12. The minimum atomic E-state index is 0.604. The van der Waals surface area contributed by atoms with Crippen LogP contribution in [-0.2, 0) is 0 Å². The molecular weight excluding hydrogens is 154 g/mol. The zero-order valence-corrected chi connectivity index (χ0v) is 7.82. The Morgan fingerprint density at radius 1 is 1.55 bits per heavy atom. The van der Waals surface area contributed by atoms with E-state index < -0.39 is 0 Å². The van der Waals surface area contributed by atoms with Gasteiger partial charge in [-0.1, -0.05) is 13.8 Å². The highest BCUT2D eigenvalue weighted by Crippen LogP contribution is 2.43. The average molecular weight is 167 g/mol. The van der Waals surface area contributed by atoms with Crippen LogP contribution in [0.25, 0.3) is 0 Å². The van der Waals surface area contributed by atoms with Crippen LogP contribution >= 0.6 is 11.3 Å². The van der Waals surface area contributed by atoms with Crippen molar-refractivity contribution in [3.63, 3.8) is 0 Å². The normalized spacial score (nSPS) is 17.7. The molecule has 1 aromatic heterocycles. The van der Waals surface area contributed by atoms with E-state index in [1.165, 1.54) is 22.7 Å². The van der Waals surface area contributed by atoms with Crippen LogP contribution in [0.3, 0.4) is 0 Å². The zero-order valence-electron chi connectivity index (χ0n) is 7.00. The lowest BCUT2D eigenvalue weighted by Gasteiger charge is -1.95. The maximum absolute atomic E-state index is 4.40. The molecule has 1 heterocycles. The summed E-state index contributed by atoms with van der Waals surface area (Å²) in [6.07, 6.45) is 4.84. The summed E-state index contributed by atoms with van der Waals surface area (Å²) in [5, 5.41) is 1.30. The summed E-state index contributed by atoms with van der Waals surface area (Å²) in [5.41, 5.74) is 0. The number of aromatic nitrogens is 1. The standard InChI is InChI=1S/C9H13NS/c1-6(2)9-10-5-8(11-9)7-3-4-7/h5-7H,3-4H2,1-2H3. The topological polar surface area (TPSA) is 12.9 Å². The summed E-state index contributed by atoms with van der Waals surface area (Å²) < 4.78 is 0. The fraction of sp³-hybridized carbons (Fsp3) is 0.667. The Morgan fingerprint density at radius 3 is 2.73 bits per heavy atom. The molecule has 1 fully saturated rings. The van der Waals surface area contributed by atoms with E-state index >= 15 is 0 Å². The Kier molecular flexibility index (Phi) is 1.72. The van der Waals surface area contributed by atoms with E-state index in [0.29, 0.717) is 5.92 Å². The van der Waals surface area contributed by atoms with Gasteiger partial charge >= 0.3 is 0 Å². The fourth-order valence-corrected chi connectivity index (χ4v) is 2.21. The van der Waals surface area contributed by atoms with Crippen LogP contribution in [0.15, 0.2) is 6.20 Å². The Bertz CT molecular complexity index is 231. The zero-order chi connectivity index (χ0) is 7.84. The van der Waals surface area contributed by atoms with Crippen LogP contribution in [0.2, 0.25) is 0 Å². The van der Waals surface area contributed by atoms with Crippen molar-refractivity contribution < 1.29 is 0 Å². The first-order valence-electron chi connectivity index (χ1n) is 4.23. The molecule has 0 aromatic carbocycles. The number of hydrogen-bond donors (Lipinski definition) is 0. The first kappa shape index (κ1) is 7.29. The molecule has 0 unspecified atom stereocenters. The summed E-state index contributed by atoms with van der Waals surface area (Å²) >= 11 is 1.90. The number of rotatable bonds is 2. The van der Waals surface area contributed by atoms with E-state index in [1.807, 2.05) is 11.3 Å². The van der Waals surface area contributed by atoms with Gasteiger partial charge in [0, 0.05) is 17.0 Å². The molecule has 1 saturated carbocycles. The molecule has 1 nitrogen and oxygen atoms in total. The summed E-state index contributed by atoms with van der Waals surface area (Å²) in [5.74, 6) is 1.48. The van der Waals surface area contributed by atoms with Crippen molar-refractivity contribution in [3.8, 4) is 0 Å². The molecule has 0 radical (unpaired) electrons. The largest absolute Gasteiger partial charge is 0.249 e. The molecule has 1 aliphatic rings. The van der Waals surface area contributed by atoms with Crippen molar-refractivity contribution in [2.45, 2.75) is 38.5 Å². The molecule has 2 rings (SSSR count). The molecule has 0 amide bonds. The molecule has 0 aliphatic heterocycles. The smallest absolute Gasteiger partial charge is 0.0953 e. The third-order valence-electron chi connectivity index (χ3n) is 2.02. The van der Waals surface area contributed by atoms with Gasteiger partial charge < -0.3 is 0 Å². The lowest BCUT2D eigenvalue weighted by molar-refractivity contribution is 0.852. The maximum atomic E-state index is 4.40. The van der Waals surface area contributed by atoms with Gasteiger partial charge in [0.25, 0.3) is 0 Å². The average Bonchev–Trinajstić information content (AvgIpc) is 2.68. The molecule has 1 aliphatic carbocycles. The van der Waals surface area contributed by atoms with Gasteiger partial charge in [0.1, 0.15) is 0 Å². The highest BCUT2D eigenvalue weighted by Gasteiger charge is 2.25. The SMILES string of the molecule is CC(C)c1ncc(C2CC2)s1. The third-order valence-corrected chi connectivity index (χ3v) is 3.48. The molecule has 60 valence electrons. The quantitative estimate of drug-likeness (QED) is 0.659. The Hall–Kier alpha value is -0.370. The summed E-state index contributed by atoms with van der Waals surface area (Å²) in [7, 11) is 0. The summed E-state index contributed by atoms with van der Waals surface area (Å²) in [4.78, 5) is 5.90. The lowest BCUT2D eigenvalue weighted by Crippen LogP contribution is -1.81. The van der Waals surface area contributed by atoms with Crippen molar-refractivity contribution in [3.05, 3.63) is 16.1 Å². The molecular formula is C9H13NS. The highest BCUT2D eigenvalue weighted by atomic mass is 32.1. The molecule has 11 heavy (non-hydrogen) atoms. The first-order chi connectivity index (χ1) is 5.27. The van der Waals surface area contributed by atoms with Gasteiger partial charge in [-0.3, -0.25) is 0 Å². The van der Waals surface area contributed by atoms with Crippen molar-refractivity contribution >= 4 is 11.3 Å². The molecule has 0 N–H and O–H groups in total. The second-order valence-electron chi connectivity index (χ2n) is 3.53. The minimum Gasteiger partial charge on any atom is -0.249 e. The number of thiazole rings is 1. The van der Waals surface area contributed by atoms with Gasteiger partial charge in [-0.05, 0) is 18.8 Å². The van der Waals surface area contributed by atoms with Crippen molar-refractivity contribution in [1.29, 1.82) is 0 Å². The second-order valence-corrected chi connectivity index (χ2v) is 4.62. The maximum Gasteiger partial charge on any atom is 0.0953 e. The minimum absolute atomic E-state index is 0.604. The van der Waals surface area contributed by atoms with Gasteiger partial charge in [0.05, 0.1) is 5.01 Å². The van der Waals surface area contributed by atoms with Gasteiger partial charge in [-0.2, -0.15) is 0 Å². The molecule has 0 bridgehead atoms.